The first-order valence-corrected chi connectivity index (χ1v) is 28.1. The lowest BCUT2D eigenvalue weighted by Gasteiger charge is -2.34. The van der Waals surface area contributed by atoms with E-state index in [9.17, 15) is 0 Å². The first-order valence-electron chi connectivity index (χ1n) is 13.4. The second-order valence-electron chi connectivity index (χ2n) is 11.9. The molecule has 0 aromatic heterocycles. The third-order valence-corrected chi connectivity index (χ3v) is 22.0. The largest absolute Gasteiger partial charge is 0.455 e. The average molecular weight is 683 g/mol. The van der Waals surface area contributed by atoms with Crippen LogP contribution in [0, 0.1) is 0 Å². The lowest BCUT2D eigenvalue weighted by atomic mass is 10.4. The normalized spacial score (nSPS) is 13.1. The van der Waals surface area contributed by atoms with Gasteiger partial charge in [0.05, 0.1) is 0 Å². The Morgan fingerprint density at radius 1 is 0.441 bits per heavy atom. The third kappa shape index (κ3) is 25.3. The number of hydrogen-bond acceptors (Lipinski definition) is 4. The Labute approximate surface area is 234 Å². The molecule has 0 aliphatic carbocycles. The summed E-state index contributed by atoms with van der Waals surface area (Å²) in [5, 5.41) is 19.9. The molecule has 0 saturated heterocycles. The molecule has 4 nitrogen and oxygen atoms in total. The first kappa shape index (κ1) is 37.8. The van der Waals surface area contributed by atoms with Gasteiger partial charge >= 0.3 is 0 Å². The summed E-state index contributed by atoms with van der Waals surface area (Å²) >= 11 is 7.00. The van der Waals surface area contributed by atoms with Crippen LogP contribution in [0.1, 0.15) is 51.4 Å². The van der Waals surface area contributed by atoms with E-state index in [2.05, 4.69) is 84.2 Å². The Bertz CT molecular complexity index is 400. The molecular formula is C24H58Br2O4Si4. The van der Waals surface area contributed by atoms with E-state index in [0.717, 1.165) is 48.4 Å². The van der Waals surface area contributed by atoms with Crippen LogP contribution in [0.25, 0.3) is 0 Å². The Hall–Kier alpha value is 1.67. The smallest absolute Gasteiger partial charge is 0.173 e. The number of hydrogen-bond donors (Lipinski definition) is 2. The summed E-state index contributed by atoms with van der Waals surface area (Å²) in [6, 6.07) is 4.91. The fourth-order valence-electron chi connectivity index (χ4n) is 4.32. The topological polar surface area (TPSA) is 58.9 Å². The molecule has 2 N–H and O–H groups in total. The molecule has 10 heteroatoms. The maximum Gasteiger partial charge on any atom is 0.173 e. The maximum atomic E-state index is 8.80. The van der Waals surface area contributed by atoms with Gasteiger partial charge in [-0.25, -0.2) is 0 Å². The van der Waals surface area contributed by atoms with Crippen LogP contribution in [0.3, 0.4) is 0 Å². The minimum Gasteiger partial charge on any atom is -0.455 e. The number of aliphatic hydroxyl groups excluding tert-OH is 2. The zero-order valence-electron chi connectivity index (χ0n) is 23.8. The van der Waals surface area contributed by atoms with Gasteiger partial charge < -0.3 is 18.4 Å². The fraction of sp³-hybridized carbons (Fsp3) is 1.00. The van der Waals surface area contributed by atoms with Crippen LogP contribution in [0.4, 0.5) is 0 Å². The van der Waals surface area contributed by atoms with Gasteiger partial charge in [0.2, 0.25) is 0 Å². The van der Waals surface area contributed by atoms with Gasteiger partial charge in [-0.1, -0.05) is 57.5 Å². The van der Waals surface area contributed by atoms with Gasteiger partial charge in [-0.05, 0) is 102 Å². The molecular weight excluding hydrogens is 624 g/mol. The van der Waals surface area contributed by atoms with Crippen LogP contribution < -0.4 is 0 Å². The Balaban J connectivity index is 0. The predicted molar refractivity (Wildman–Crippen MR) is 170 cm³/mol. The molecule has 34 heavy (non-hydrogen) atoms. The number of halogens is 2. The molecule has 0 radical (unpaired) electrons. The van der Waals surface area contributed by atoms with Gasteiger partial charge in [0.15, 0.2) is 33.3 Å². The van der Waals surface area contributed by atoms with Crippen molar-refractivity contribution in [2.24, 2.45) is 0 Å². The van der Waals surface area contributed by atoms with E-state index in [-0.39, 0.29) is 0 Å². The zero-order chi connectivity index (χ0) is 26.7. The minimum atomic E-state index is -1.55. The van der Waals surface area contributed by atoms with Crippen molar-refractivity contribution >= 4 is 65.1 Å². The van der Waals surface area contributed by atoms with Crippen LogP contribution in [-0.2, 0) is 8.23 Å². The summed E-state index contributed by atoms with van der Waals surface area (Å²) in [6.07, 6.45) is 9.15. The van der Waals surface area contributed by atoms with Gasteiger partial charge in [0.1, 0.15) is 0 Å². The van der Waals surface area contributed by atoms with Crippen molar-refractivity contribution in [3.05, 3.63) is 0 Å². The SMILES string of the molecule is C[Si](C)(CCCCBr)O[Si](C)(C)CCCCBr.C[Si](C)(CCCCO)O[Si](C)(C)CCCCO. The Morgan fingerprint density at radius 3 is 0.882 bits per heavy atom. The van der Waals surface area contributed by atoms with Gasteiger partial charge in [-0.3, -0.25) is 0 Å². The second-order valence-corrected chi connectivity index (χ2v) is 31.2. The molecule has 0 aromatic carbocycles. The third-order valence-electron chi connectivity index (χ3n) is 5.80. The fourth-order valence-corrected chi connectivity index (χ4v) is 23.1. The number of aliphatic hydroxyl groups is 2. The van der Waals surface area contributed by atoms with Gasteiger partial charge in [0, 0.05) is 23.9 Å². The molecule has 0 fully saturated rings. The molecule has 0 saturated carbocycles. The molecule has 0 bridgehead atoms. The highest BCUT2D eigenvalue weighted by atomic mass is 79.9. The van der Waals surface area contributed by atoms with Gasteiger partial charge in [0.25, 0.3) is 0 Å². The molecule has 0 heterocycles. The monoisotopic (exact) mass is 680 g/mol. The van der Waals surface area contributed by atoms with Crippen LogP contribution in [-0.4, -0.2) is 67.4 Å². The van der Waals surface area contributed by atoms with Crippen molar-refractivity contribution in [2.75, 3.05) is 23.9 Å². The van der Waals surface area contributed by atoms with Crippen LogP contribution in [0.5, 0.6) is 0 Å². The molecule has 0 aliphatic rings. The van der Waals surface area contributed by atoms with Crippen molar-refractivity contribution in [1.82, 2.24) is 0 Å². The van der Waals surface area contributed by atoms with Crippen molar-refractivity contribution in [3.63, 3.8) is 0 Å². The molecule has 0 aromatic rings. The summed E-state index contributed by atoms with van der Waals surface area (Å²) < 4.78 is 13.0. The zero-order valence-corrected chi connectivity index (χ0v) is 31.0. The molecule has 0 amide bonds. The molecule has 0 rings (SSSR count). The maximum absolute atomic E-state index is 8.80. The Morgan fingerprint density at radius 2 is 0.676 bits per heavy atom. The number of alkyl halides is 2. The van der Waals surface area contributed by atoms with E-state index < -0.39 is 33.3 Å². The highest BCUT2D eigenvalue weighted by Gasteiger charge is 2.33. The van der Waals surface area contributed by atoms with Crippen LogP contribution in [0.2, 0.25) is 76.6 Å². The summed E-state index contributed by atoms with van der Waals surface area (Å²) in [5.41, 5.74) is 0. The summed E-state index contributed by atoms with van der Waals surface area (Å²) in [7, 11) is -5.91. The van der Waals surface area contributed by atoms with Crippen LogP contribution in [0.15, 0.2) is 0 Å². The summed E-state index contributed by atoms with van der Waals surface area (Å²) in [5.74, 6) is 0. The standard InChI is InChI=1S/C12H28Br2OSi2.C12H30O3Si2/c2*1-16(2,11-7-5-9-13)15-17(3,4)12-8-6-10-14/h5-12H2,1-4H3;13-14H,5-12H2,1-4H3. The van der Waals surface area contributed by atoms with Crippen molar-refractivity contribution < 1.29 is 18.4 Å². The van der Waals surface area contributed by atoms with E-state index in [1.165, 1.54) is 37.8 Å². The number of rotatable bonds is 20. The average Bonchev–Trinajstić information content (AvgIpc) is 2.67. The Kier molecular flexibility index (Phi) is 22.9. The molecule has 0 unspecified atom stereocenters. The lowest BCUT2D eigenvalue weighted by Crippen LogP contribution is -2.44. The predicted octanol–water partition coefficient (Wildman–Crippen LogP) is 8.72. The van der Waals surface area contributed by atoms with E-state index >= 15 is 0 Å². The quantitative estimate of drug-likeness (QED) is 0.0767. The summed E-state index contributed by atoms with van der Waals surface area (Å²) in [4.78, 5) is 0. The van der Waals surface area contributed by atoms with E-state index in [1.807, 2.05) is 0 Å². The van der Waals surface area contributed by atoms with E-state index in [1.54, 1.807) is 0 Å². The summed E-state index contributed by atoms with van der Waals surface area (Å²) in [6.45, 7) is 19.3. The second kappa shape index (κ2) is 20.6. The van der Waals surface area contributed by atoms with Crippen LogP contribution >= 0.6 is 31.9 Å². The molecule has 0 spiro atoms. The first-order chi connectivity index (χ1) is 15.7. The van der Waals surface area contributed by atoms with E-state index in [4.69, 9.17) is 18.4 Å². The van der Waals surface area contributed by atoms with Crippen molar-refractivity contribution in [3.8, 4) is 0 Å². The van der Waals surface area contributed by atoms with Crippen molar-refractivity contribution in [2.45, 2.75) is 128 Å². The number of unbranched alkanes of at least 4 members (excludes halogenated alkanes) is 4. The highest BCUT2D eigenvalue weighted by Crippen LogP contribution is 2.26. The van der Waals surface area contributed by atoms with E-state index in [0.29, 0.717) is 13.2 Å². The van der Waals surface area contributed by atoms with Crippen molar-refractivity contribution in [1.29, 1.82) is 0 Å². The molecule has 0 atom stereocenters. The molecule has 208 valence electrons. The highest BCUT2D eigenvalue weighted by molar-refractivity contribution is 9.09. The minimum absolute atomic E-state index is 0.293. The van der Waals surface area contributed by atoms with Gasteiger partial charge in [-0.15, -0.1) is 0 Å². The molecule has 0 aliphatic heterocycles. The lowest BCUT2D eigenvalue weighted by molar-refractivity contribution is 0.286. The van der Waals surface area contributed by atoms with Gasteiger partial charge in [-0.2, -0.15) is 0 Å².